The van der Waals surface area contributed by atoms with Gasteiger partial charge in [-0.15, -0.1) is 24.5 Å². The summed E-state index contributed by atoms with van der Waals surface area (Å²) in [5, 5.41) is 8.71. The van der Waals surface area contributed by atoms with Crippen molar-refractivity contribution in [3.05, 3.63) is 200 Å². The molecule has 0 unspecified atom stereocenters. The van der Waals surface area contributed by atoms with Gasteiger partial charge in [0.2, 0.25) is 0 Å². The van der Waals surface area contributed by atoms with E-state index < -0.39 is 27.5 Å². The maximum absolute atomic E-state index is 13.2. The quantitative estimate of drug-likeness (QED) is 0.117. The third-order valence-electron chi connectivity index (χ3n) is 7.49. The van der Waals surface area contributed by atoms with Crippen LogP contribution < -0.4 is 31.8 Å². The summed E-state index contributed by atoms with van der Waals surface area (Å²) in [6.07, 6.45) is 1.55. The number of rotatable bonds is 7. The second kappa shape index (κ2) is 18.6. The standard InChI is InChI=1S/C30H24P2.C11H6F2N.ClH.Pt/c1-5-15-25(16-6-1)31(26-17-7-2-8-18-26)29-23-13-14-24-30(29)32(27-19-9-3-10-20-27)28-21-11-4-12-22-28;12-8-4-5-9(10(13)7-8)11-3-1-2-6-14-11;;/h1-24H;1-4,6-7H;1H;/q;-1;;/p+2. The number of hydrogen-bond donors (Lipinski definition) is 0. The minimum Gasteiger partial charge on any atom is -0.305 e. The summed E-state index contributed by atoms with van der Waals surface area (Å²) in [6.45, 7) is 0. The van der Waals surface area contributed by atoms with E-state index in [4.69, 9.17) is 0 Å². The Morgan fingerprint density at radius 1 is 0.479 bits per heavy atom. The van der Waals surface area contributed by atoms with Gasteiger partial charge in [-0.3, -0.25) is 8.78 Å². The normalized spacial score (nSPS) is 10.3. The second-order valence-electron chi connectivity index (χ2n) is 10.5. The summed E-state index contributed by atoms with van der Waals surface area (Å²) in [4.78, 5) is 3.95. The minimum atomic E-state index is -1.14. The Labute approximate surface area is 304 Å². The van der Waals surface area contributed by atoms with Gasteiger partial charge in [0, 0.05) is 38.9 Å². The molecule has 0 radical (unpaired) electrons. The average molecular weight is 870 g/mol. The smallest absolute Gasteiger partial charge is 0.144 e. The third kappa shape index (κ3) is 9.19. The Morgan fingerprint density at radius 2 is 0.854 bits per heavy atom. The molecule has 0 aliphatic rings. The summed E-state index contributed by atoms with van der Waals surface area (Å²) in [7, 11) is -2.28. The Kier molecular flexibility index (Phi) is 14.4. The predicted octanol–water partition coefficient (Wildman–Crippen LogP) is 7.91. The van der Waals surface area contributed by atoms with Crippen molar-refractivity contribution in [1.82, 2.24) is 4.98 Å². The molecule has 0 N–H and O–H groups in total. The molecule has 48 heavy (non-hydrogen) atoms. The number of hydrogen-bond acceptors (Lipinski definition) is 1. The number of halogens is 3. The Balaban J connectivity index is 0.000000274. The summed E-state index contributed by atoms with van der Waals surface area (Å²) in [6, 6.07) is 62.9. The van der Waals surface area contributed by atoms with Crippen LogP contribution in [0.15, 0.2) is 182 Å². The van der Waals surface area contributed by atoms with Crippen molar-refractivity contribution < 1.29 is 29.8 Å². The van der Waals surface area contributed by atoms with E-state index in [9.17, 15) is 8.78 Å². The molecule has 0 saturated carbocycles. The van der Waals surface area contributed by atoms with Gasteiger partial charge in [0.15, 0.2) is 0 Å². The molecule has 1 heterocycles. The molecule has 0 fully saturated rings. The van der Waals surface area contributed by atoms with Crippen LogP contribution >= 0.6 is 28.3 Å². The molecule has 0 saturated heterocycles. The van der Waals surface area contributed by atoms with E-state index in [-0.39, 0.29) is 39.0 Å². The van der Waals surface area contributed by atoms with Crippen molar-refractivity contribution in [3.8, 4) is 11.3 Å². The fourth-order valence-corrected chi connectivity index (χ4v) is 11.4. The molecule has 1 aromatic heterocycles. The zero-order chi connectivity index (χ0) is 31.6. The first-order valence-corrected chi connectivity index (χ1v) is 18.0. The van der Waals surface area contributed by atoms with Crippen LogP contribution in [0.25, 0.3) is 11.3 Å². The molecule has 1 nitrogen and oxygen atoms in total. The van der Waals surface area contributed by atoms with Crippen LogP contribution in [0.3, 0.4) is 0 Å². The average Bonchev–Trinajstić information content (AvgIpc) is 3.12. The summed E-state index contributed by atoms with van der Waals surface area (Å²) in [5.74, 6) is -1.29. The third-order valence-corrected chi connectivity index (χ3v) is 13.3. The molecule has 0 amide bonds. The zero-order valence-corrected chi connectivity index (χ0v) is 30.8. The van der Waals surface area contributed by atoms with Crippen molar-refractivity contribution in [3.63, 3.8) is 0 Å². The molecule has 242 valence electrons. The second-order valence-corrected chi connectivity index (χ2v) is 15.4. The summed E-state index contributed by atoms with van der Waals surface area (Å²) >= 11 is 0. The number of benzene rings is 6. The van der Waals surface area contributed by atoms with Crippen molar-refractivity contribution >= 4 is 60.1 Å². The van der Waals surface area contributed by atoms with Crippen molar-refractivity contribution in [1.29, 1.82) is 0 Å². The van der Waals surface area contributed by atoms with Crippen molar-refractivity contribution in [2.24, 2.45) is 0 Å². The Bertz CT molecular complexity index is 1790. The van der Waals surface area contributed by atoms with Crippen LogP contribution in [-0.4, -0.2) is 4.98 Å². The molecule has 6 aromatic carbocycles. The maximum Gasteiger partial charge on any atom is 0.144 e. The molecule has 0 atom stereocenters. The molecular formula is C41H33ClF2NP2Pt+. The van der Waals surface area contributed by atoms with E-state index in [0.29, 0.717) is 5.69 Å². The van der Waals surface area contributed by atoms with Gasteiger partial charge in [-0.05, 0) is 72.4 Å². The molecule has 7 aromatic rings. The van der Waals surface area contributed by atoms with E-state index in [1.165, 1.54) is 31.8 Å². The van der Waals surface area contributed by atoms with E-state index in [2.05, 4.69) is 157 Å². The van der Waals surface area contributed by atoms with Gasteiger partial charge in [0.25, 0.3) is 0 Å². The Hall–Kier alpha value is -3.83. The fourth-order valence-electron chi connectivity index (χ4n) is 5.45. The van der Waals surface area contributed by atoms with Crippen molar-refractivity contribution in [2.45, 2.75) is 0 Å². The van der Waals surface area contributed by atoms with E-state index in [1.54, 1.807) is 24.4 Å². The number of nitrogens with zero attached hydrogens (tertiary/aromatic N) is 1. The zero-order valence-electron chi connectivity index (χ0n) is 25.7. The minimum absolute atomic E-state index is 0. The van der Waals surface area contributed by atoms with Gasteiger partial charge in [-0.1, -0.05) is 109 Å². The van der Waals surface area contributed by atoms with Gasteiger partial charge in [-0.25, -0.2) is 0 Å². The molecule has 0 aliphatic carbocycles. The number of pyridine rings is 1. The summed E-state index contributed by atoms with van der Waals surface area (Å²) in [5.41, 5.74) is 0.636. The molecular weight excluding hydrogens is 837 g/mol. The first-order chi connectivity index (χ1) is 22.7. The van der Waals surface area contributed by atoms with Crippen LogP contribution in [0.5, 0.6) is 0 Å². The van der Waals surface area contributed by atoms with Gasteiger partial charge in [-0.2, -0.15) is 0 Å². The molecule has 0 bridgehead atoms. The topological polar surface area (TPSA) is 12.9 Å². The van der Waals surface area contributed by atoms with Gasteiger partial charge < -0.3 is 4.98 Å². The summed E-state index contributed by atoms with van der Waals surface area (Å²) < 4.78 is 25.8. The van der Waals surface area contributed by atoms with E-state index in [1.807, 2.05) is 0 Å². The maximum atomic E-state index is 13.2. The first-order valence-electron chi connectivity index (χ1n) is 15.0. The van der Waals surface area contributed by atoms with Crippen LogP contribution in [0.1, 0.15) is 0 Å². The Morgan fingerprint density at radius 3 is 1.21 bits per heavy atom. The largest absolute Gasteiger partial charge is 0.305 e. The van der Waals surface area contributed by atoms with Gasteiger partial charge in [0.05, 0.1) is 0 Å². The van der Waals surface area contributed by atoms with E-state index in [0.717, 1.165) is 12.1 Å². The van der Waals surface area contributed by atoms with Crippen LogP contribution in [-0.2, 0) is 21.1 Å². The van der Waals surface area contributed by atoms with Crippen LogP contribution in [0.2, 0.25) is 0 Å². The first kappa shape index (κ1) is 37.0. The monoisotopic (exact) mass is 869 g/mol. The van der Waals surface area contributed by atoms with Crippen LogP contribution in [0.4, 0.5) is 8.78 Å². The molecule has 7 heteroatoms. The molecule has 0 aliphatic heterocycles. The SMILES string of the molecule is Cl.Fc1c[c-]c(-c2ccccn2)c(F)c1.[Pt].c1ccc([PH+](c2ccccc2)c2ccccc2[PH+](c2ccccc2)c2ccccc2)cc1. The van der Waals surface area contributed by atoms with Crippen LogP contribution in [0, 0.1) is 17.7 Å². The van der Waals surface area contributed by atoms with Crippen molar-refractivity contribution in [2.75, 3.05) is 0 Å². The number of aromatic nitrogens is 1. The predicted molar refractivity (Wildman–Crippen MR) is 202 cm³/mol. The fraction of sp³-hybridized carbons (Fsp3) is 0. The van der Waals surface area contributed by atoms with E-state index >= 15 is 0 Å². The van der Waals surface area contributed by atoms with Gasteiger partial charge in [0.1, 0.15) is 47.7 Å². The molecule has 7 rings (SSSR count). The van der Waals surface area contributed by atoms with Gasteiger partial charge >= 0.3 is 0 Å². The molecule has 0 spiro atoms.